The standard InChI is InChI=1S/C8H5BrClF2NO2/c1-15-8(14)4-2-3(7(11)12)5(10)6(9)13-4/h2,7H,1H3. The molecule has 7 heteroatoms. The molecule has 0 atom stereocenters. The molecule has 0 aliphatic carbocycles. The Bertz CT molecular complexity index is 400. The van der Waals surface area contributed by atoms with Crippen molar-refractivity contribution in [3.63, 3.8) is 0 Å². The van der Waals surface area contributed by atoms with Gasteiger partial charge in [0.05, 0.1) is 12.1 Å². The van der Waals surface area contributed by atoms with Gasteiger partial charge in [-0.2, -0.15) is 0 Å². The number of hydrogen-bond donors (Lipinski definition) is 0. The lowest BCUT2D eigenvalue weighted by Gasteiger charge is -2.06. The highest BCUT2D eigenvalue weighted by molar-refractivity contribution is 9.10. The van der Waals surface area contributed by atoms with Gasteiger partial charge in [0.15, 0.2) is 0 Å². The van der Waals surface area contributed by atoms with Crippen molar-refractivity contribution in [1.29, 1.82) is 0 Å². The van der Waals surface area contributed by atoms with E-state index in [-0.39, 0.29) is 15.3 Å². The Labute approximate surface area is 97.5 Å². The Morgan fingerprint density at radius 3 is 2.73 bits per heavy atom. The van der Waals surface area contributed by atoms with Crippen LogP contribution in [0.3, 0.4) is 0 Å². The van der Waals surface area contributed by atoms with Crippen LogP contribution in [0.15, 0.2) is 10.7 Å². The Balaban J connectivity index is 3.29. The van der Waals surface area contributed by atoms with E-state index in [0.717, 1.165) is 13.2 Å². The molecule has 0 unspecified atom stereocenters. The van der Waals surface area contributed by atoms with Crippen LogP contribution in [0.4, 0.5) is 8.78 Å². The molecular weight excluding hydrogens is 295 g/mol. The molecule has 0 fully saturated rings. The van der Waals surface area contributed by atoms with Crippen molar-refractivity contribution in [3.8, 4) is 0 Å². The molecule has 1 aromatic heterocycles. The lowest BCUT2D eigenvalue weighted by molar-refractivity contribution is 0.0593. The van der Waals surface area contributed by atoms with Crippen LogP contribution in [0, 0.1) is 0 Å². The van der Waals surface area contributed by atoms with Crippen molar-refractivity contribution in [3.05, 3.63) is 26.9 Å². The summed E-state index contributed by atoms with van der Waals surface area (Å²) in [7, 11) is 1.13. The number of methoxy groups -OCH3 is 1. The first-order valence-corrected chi connectivity index (χ1v) is 4.87. The molecule has 82 valence electrons. The van der Waals surface area contributed by atoms with E-state index in [0.29, 0.717) is 0 Å². The lowest BCUT2D eigenvalue weighted by atomic mass is 10.2. The molecule has 0 bridgehead atoms. The minimum Gasteiger partial charge on any atom is -0.464 e. The van der Waals surface area contributed by atoms with Crippen LogP contribution in [0.1, 0.15) is 22.5 Å². The summed E-state index contributed by atoms with van der Waals surface area (Å²) < 4.78 is 29.3. The van der Waals surface area contributed by atoms with Crippen molar-refractivity contribution in [2.24, 2.45) is 0 Å². The van der Waals surface area contributed by atoms with E-state index < -0.39 is 18.0 Å². The minimum absolute atomic E-state index is 0.0117. The smallest absolute Gasteiger partial charge is 0.356 e. The van der Waals surface area contributed by atoms with Gasteiger partial charge in [0.2, 0.25) is 0 Å². The first kappa shape index (κ1) is 12.3. The zero-order chi connectivity index (χ0) is 11.6. The average molecular weight is 300 g/mol. The third-order valence-electron chi connectivity index (χ3n) is 1.58. The van der Waals surface area contributed by atoms with Gasteiger partial charge in [-0.05, 0) is 22.0 Å². The maximum Gasteiger partial charge on any atom is 0.356 e. The number of nitrogens with zero attached hydrogens (tertiary/aromatic N) is 1. The predicted molar refractivity (Wildman–Crippen MR) is 53.2 cm³/mol. The van der Waals surface area contributed by atoms with Gasteiger partial charge in [0.25, 0.3) is 6.43 Å². The van der Waals surface area contributed by atoms with Gasteiger partial charge >= 0.3 is 5.97 Å². The summed E-state index contributed by atoms with van der Waals surface area (Å²) in [5, 5.41) is -0.211. The fraction of sp³-hybridized carbons (Fsp3) is 0.250. The van der Waals surface area contributed by atoms with Crippen LogP contribution in [-0.2, 0) is 4.74 Å². The highest BCUT2D eigenvalue weighted by atomic mass is 79.9. The van der Waals surface area contributed by atoms with Gasteiger partial charge < -0.3 is 4.74 Å². The van der Waals surface area contributed by atoms with Gasteiger partial charge in [-0.3, -0.25) is 0 Å². The van der Waals surface area contributed by atoms with Crippen LogP contribution in [0.25, 0.3) is 0 Å². The first-order chi connectivity index (χ1) is 6.97. The normalized spacial score (nSPS) is 10.5. The van der Waals surface area contributed by atoms with E-state index in [1.165, 1.54) is 0 Å². The fourth-order valence-electron chi connectivity index (χ4n) is 0.885. The average Bonchev–Trinajstić information content (AvgIpc) is 2.20. The van der Waals surface area contributed by atoms with E-state index in [2.05, 4.69) is 25.7 Å². The van der Waals surface area contributed by atoms with Gasteiger partial charge in [-0.15, -0.1) is 0 Å². The molecule has 1 heterocycles. The second kappa shape index (κ2) is 4.85. The molecule has 0 saturated heterocycles. The SMILES string of the molecule is COC(=O)c1cc(C(F)F)c(Cl)c(Br)n1. The summed E-state index contributed by atoms with van der Waals surface area (Å²) in [6.45, 7) is 0. The number of halogens is 4. The third-order valence-corrected chi connectivity index (χ3v) is 2.77. The first-order valence-electron chi connectivity index (χ1n) is 3.69. The molecule has 0 spiro atoms. The molecule has 0 N–H and O–H groups in total. The van der Waals surface area contributed by atoms with E-state index >= 15 is 0 Å². The van der Waals surface area contributed by atoms with E-state index in [1.807, 2.05) is 0 Å². The molecule has 0 aromatic carbocycles. The third kappa shape index (κ3) is 2.63. The van der Waals surface area contributed by atoms with Crippen LogP contribution in [0.5, 0.6) is 0 Å². The molecule has 1 rings (SSSR count). The maximum atomic E-state index is 12.5. The number of carbonyl (C=O) groups excluding carboxylic acids is 1. The van der Waals surface area contributed by atoms with Gasteiger partial charge in [-0.25, -0.2) is 18.6 Å². The van der Waals surface area contributed by atoms with Gasteiger partial charge in [0, 0.05) is 5.56 Å². The largest absolute Gasteiger partial charge is 0.464 e. The summed E-state index contributed by atoms with van der Waals surface area (Å²) in [5.74, 6) is -0.797. The quantitative estimate of drug-likeness (QED) is 0.622. The molecule has 3 nitrogen and oxygen atoms in total. The number of ether oxygens (including phenoxy) is 1. The van der Waals surface area contributed by atoms with Crippen molar-refractivity contribution in [2.75, 3.05) is 7.11 Å². The van der Waals surface area contributed by atoms with Gasteiger partial charge in [0.1, 0.15) is 10.3 Å². The van der Waals surface area contributed by atoms with E-state index in [4.69, 9.17) is 11.6 Å². The molecule has 0 radical (unpaired) electrons. The topological polar surface area (TPSA) is 39.2 Å². The van der Waals surface area contributed by atoms with Crippen molar-refractivity contribution < 1.29 is 18.3 Å². The molecule has 0 aliphatic rings. The maximum absolute atomic E-state index is 12.5. The number of pyridine rings is 1. The van der Waals surface area contributed by atoms with Crippen molar-refractivity contribution in [1.82, 2.24) is 4.98 Å². The molecule has 0 aliphatic heterocycles. The van der Waals surface area contributed by atoms with E-state index in [1.54, 1.807) is 0 Å². The van der Waals surface area contributed by atoms with Crippen LogP contribution in [-0.4, -0.2) is 18.1 Å². The van der Waals surface area contributed by atoms with Crippen molar-refractivity contribution in [2.45, 2.75) is 6.43 Å². The van der Waals surface area contributed by atoms with Crippen LogP contribution < -0.4 is 0 Å². The second-order valence-electron chi connectivity index (χ2n) is 2.49. The van der Waals surface area contributed by atoms with Crippen LogP contribution in [0.2, 0.25) is 5.02 Å². The minimum atomic E-state index is -2.78. The Morgan fingerprint density at radius 2 is 2.27 bits per heavy atom. The van der Waals surface area contributed by atoms with Crippen LogP contribution >= 0.6 is 27.5 Å². The molecule has 15 heavy (non-hydrogen) atoms. The molecular formula is C8H5BrClF2NO2. The Kier molecular flexibility index (Phi) is 3.98. The summed E-state index contributed by atoms with van der Waals surface area (Å²) in [4.78, 5) is 14.7. The highest BCUT2D eigenvalue weighted by Gasteiger charge is 2.19. The number of esters is 1. The monoisotopic (exact) mass is 299 g/mol. The van der Waals surface area contributed by atoms with Gasteiger partial charge in [-0.1, -0.05) is 11.6 Å². The second-order valence-corrected chi connectivity index (χ2v) is 3.62. The summed E-state index contributed by atoms with van der Waals surface area (Å²) in [6, 6.07) is 0.906. The number of alkyl halides is 2. The Morgan fingerprint density at radius 1 is 1.67 bits per heavy atom. The Hall–Kier alpha value is -0.750. The zero-order valence-electron chi connectivity index (χ0n) is 7.43. The zero-order valence-corrected chi connectivity index (χ0v) is 9.77. The van der Waals surface area contributed by atoms with Crippen molar-refractivity contribution >= 4 is 33.5 Å². The fourth-order valence-corrected chi connectivity index (χ4v) is 1.48. The molecule has 0 saturated carbocycles. The lowest BCUT2D eigenvalue weighted by Crippen LogP contribution is -2.06. The summed E-state index contributed by atoms with van der Waals surface area (Å²) in [6.07, 6.45) is -2.78. The van der Waals surface area contributed by atoms with E-state index in [9.17, 15) is 13.6 Å². The number of rotatable bonds is 2. The number of hydrogen-bond acceptors (Lipinski definition) is 3. The highest BCUT2D eigenvalue weighted by Crippen LogP contribution is 2.32. The number of carbonyl (C=O) groups is 1. The summed E-state index contributed by atoms with van der Waals surface area (Å²) in [5.41, 5.74) is -0.678. The molecule has 0 amide bonds. The number of aromatic nitrogens is 1. The molecule has 1 aromatic rings. The predicted octanol–water partition coefficient (Wildman–Crippen LogP) is 3.22. The summed E-state index contributed by atoms with van der Waals surface area (Å²) >= 11 is 8.45.